The van der Waals surface area contributed by atoms with Gasteiger partial charge in [-0.05, 0) is 87.6 Å². The van der Waals surface area contributed by atoms with Crippen molar-refractivity contribution in [3.63, 3.8) is 0 Å². The molecular weight excluding hydrogens is 378 g/mol. The van der Waals surface area contributed by atoms with Crippen molar-refractivity contribution < 1.29 is 4.74 Å². The molecule has 0 radical (unpaired) electrons. The Bertz CT molecular complexity index is 672. The number of hydrogen-bond acceptors (Lipinski definition) is 3. The Morgan fingerprint density at radius 1 is 1.31 bits per heavy atom. The van der Waals surface area contributed by atoms with Crippen LogP contribution in [0.5, 0.6) is 5.75 Å². The number of anilines is 1. The average Bonchev–Trinajstić information content (AvgIpc) is 3.16. The molecule has 3 rings (SSSR count). The number of fused-ring (bicyclic) bond motifs is 1. The largest absolute Gasteiger partial charge is 0.494 e. The van der Waals surface area contributed by atoms with E-state index in [2.05, 4.69) is 46.9 Å². The van der Waals surface area contributed by atoms with E-state index in [4.69, 9.17) is 17.0 Å². The Balaban J connectivity index is 1.42. The summed E-state index contributed by atoms with van der Waals surface area (Å²) in [6.45, 7) is 8.56. The van der Waals surface area contributed by atoms with Gasteiger partial charge in [0.2, 0.25) is 0 Å². The predicted octanol–water partition coefficient (Wildman–Crippen LogP) is 4.78. The number of rotatable bonds is 10. The van der Waals surface area contributed by atoms with Crippen molar-refractivity contribution >= 4 is 23.0 Å². The molecule has 0 atom stereocenters. The van der Waals surface area contributed by atoms with Gasteiger partial charge in [0.25, 0.3) is 0 Å². The number of thiocarbonyl (C=S) groups is 1. The lowest BCUT2D eigenvalue weighted by molar-refractivity contribution is 0.287. The topological polar surface area (TPSA) is 27.7 Å². The van der Waals surface area contributed by atoms with Crippen molar-refractivity contribution in [3.8, 4) is 5.75 Å². The quantitative estimate of drug-likeness (QED) is 0.337. The minimum Gasteiger partial charge on any atom is -0.494 e. The lowest BCUT2D eigenvalue weighted by atomic mass is 9.89. The minimum absolute atomic E-state index is 0.770. The first-order chi connectivity index (χ1) is 14.2. The second-order valence-corrected chi connectivity index (χ2v) is 8.88. The summed E-state index contributed by atoms with van der Waals surface area (Å²) in [7, 11) is 2.13. The molecule has 1 N–H and O–H groups in total. The summed E-state index contributed by atoms with van der Waals surface area (Å²) in [4.78, 5) is 4.54. The number of unbranched alkanes of at least 4 members (excludes halogenated alkanes) is 1. The molecular formula is C24H37N3OS. The number of ether oxygens (including phenoxy) is 1. The molecule has 0 spiro atoms. The Morgan fingerprint density at radius 2 is 2.14 bits per heavy atom. The first-order valence-electron chi connectivity index (χ1n) is 11.3. The van der Waals surface area contributed by atoms with Gasteiger partial charge in [-0.1, -0.05) is 25.3 Å². The first-order valence-corrected chi connectivity index (χ1v) is 11.7. The lowest BCUT2D eigenvalue weighted by Gasteiger charge is -2.26. The minimum atomic E-state index is 0.770. The second kappa shape index (κ2) is 11.6. The number of nitrogens with zero attached hydrogens (tertiary/aromatic N) is 2. The van der Waals surface area contributed by atoms with E-state index in [1.54, 1.807) is 0 Å². The van der Waals surface area contributed by atoms with Gasteiger partial charge >= 0.3 is 0 Å². The van der Waals surface area contributed by atoms with Crippen molar-refractivity contribution in [2.24, 2.45) is 5.92 Å². The van der Waals surface area contributed by atoms with Gasteiger partial charge in [-0.25, -0.2) is 0 Å². The fourth-order valence-electron chi connectivity index (χ4n) is 4.38. The van der Waals surface area contributed by atoms with Gasteiger partial charge in [0.05, 0.1) is 6.61 Å². The smallest absolute Gasteiger partial charge is 0.173 e. The van der Waals surface area contributed by atoms with Crippen LogP contribution in [0.25, 0.3) is 0 Å². The van der Waals surface area contributed by atoms with Crippen LogP contribution in [0.15, 0.2) is 30.9 Å². The number of benzene rings is 1. The molecule has 0 unspecified atom stereocenters. The first kappa shape index (κ1) is 22.1. The maximum Gasteiger partial charge on any atom is 0.173 e. The molecule has 1 aliphatic carbocycles. The third kappa shape index (κ3) is 6.71. The number of hydrogen-bond donors (Lipinski definition) is 1. The van der Waals surface area contributed by atoms with E-state index in [-0.39, 0.29) is 0 Å². The van der Waals surface area contributed by atoms with Crippen molar-refractivity contribution in [1.29, 1.82) is 0 Å². The Hall–Kier alpha value is -1.59. The highest BCUT2D eigenvalue weighted by Crippen LogP contribution is 2.31. The fraction of sp³-hybridized carbons (Fsp3) is 0.625. The van der Waals surface area contributed by atoms with Crippen LogP contribution in [0, 0.1) is 5.92 Å². The van der Waals surface area contributed by atoms with Gasteiger partial charge in [-0.15, -0.1) is 6.58 Å². The molecule has 1 saturated carbocycles. The zero-order chi connectivity index (χ0) is 20.5. The molecule has 0 bridgehead atoms. The van der Waals surface area contributed by atoms with Crippen LogP contribution in [-0.4, -0.2) is 49.8 Å². The van der Waals surface area contributed by atoms with Crippen molar-refractivity contribution in [2.45, 2.75) is 51.4 Å². The summed E-state index contributed by atoms with van der Waals surface area (Å²) in [6, 6.07) is 6.46. The van der Waals surface area contributed by atoms with E-state index in [9.17, 15) is 0 Å². The van der Waals surface area contributed by atoms with Gasteiger partial charge < -0.3 is 19.9 Å². The molecule has 1 aliphatic heterocycles. The number of nitrogens with one attached hydrogen (secondary N) is 1. The van der Waals surface area contributed by atoms with Gasteiger partial charge in [0.15, 0.2) is 5.11 Å². The Morgan fingerprint density at radius 3 is 2.93 bits per heavy atom. The van der Waals surface area contributed by atoms with Crippen LogP contribution in [-0.2, 0) is 6.42 Å². The fourth-order valence-corrected chi connectivity index (χ4v) is 4.66. The molecule has 1 aromatic rings. The highest BCUT2D eigenvalue weighted by Gasteiger charge is 2.23. The molecule has 1 aromatic carbocycles. The van der Waals surface area contributed by atoms with Gasteiger partial charge in [-0.2, -0.15) is 0 Å². The highest BCUT2D eigenvalue weighted by atomic mass is 32.1. The van der Waals surface area contributed by atoms with Crippen LogP contribution in [0.3, 0.4) is 0 Å². The van der Waals surface area contributed by atoms with E-state index in [0.29, 0.717) is 0 Å². The van der Waals surface area contributed by atoms with Crippen LogP contribution >= 0.6 is 12.2 Å². The summed E-state index contributed by atoms with van der Waals surface area (Å²) in [6.07, 6.45) is 12.0. The van der Waals surface area contributed by atoms with E-state index >= 15 is 0 Å². The molecule has 2 aliphatic rings. The van der Waals surface area contributed by atoms with E-state index in [1.165, 1.54) is 43.4 Å². The molecule has 0 aromatic heterocycles. The van der Waals surface area contributed by atoms with Gasteiger partial charge in [0, 0.05) is 25.3 Å². The zero-order valence-electron chi connectivity index (χ0n) is 18.0. The van der Waals surface area contributed by atoms with Crippen LogP contribution in [0.2, 0.25) is 0 Å². The molecule has 1 heterocycles. The Kier molecular flexibility index (Phi) is 8.81. The van der Waals surface area contributed by atoms with Crippen molar-refractivity contribution in [1.82, 2.24) is 10.2 Å². The van der Waals surface area contributed by atoms with Crippen LogP contribution < -0.4 is 15.0 Å². The maximum absolute atomic E-state index is 5.99. The molecule has 4 nitrogen and oxygen atoms in total. The van der Waals surface area contributed by atoms with Gasteiger partial charge in [-0.3, -0.25) is 0 Å². The SMILES string of the molecule is C=CCN(C)CCCCOc1ccc2c(c1)CCN2C(=S)NCC1CCCCC1. The molecule has 5 heteroatoms. The van der Waals surface area contributed by atoms with E-state index in [1.807, 2.05) is 6.08 Å². The lowest BCUT2D eigenvalue weighted by Crippen LogP contribution is -2.41. The van der Waals surface area contributed by atoms with Gasteiger partial charge in [0.1, 0.15) is 5.75 Å². The zero-order valence-corrected chi connectivity index (χ0v) is 18.8. The summed E-state index contributed by atoms with van der Waals surface area (Å²) >= 11 is 5.70. The third-order valence-corrected chi connectivity index (χ3v) is 6.47. The second-order valence-electron chi connectivity index (χ2n) is 8.49. The summed E-state index contributed by atoms with van der Waals surface area (Å²) in [5.74, 6) is 1.77. The van der Waals surface area contributed by atoms with Crippen LogP contribution in [0.4, 0.5) is 5.69 Å². The van der Waals surface area contributed by atoms with Crippen LogP contribution in [0.1, 0.15) is 50.5 Å². The molecule has 0 amide bonds. The normalized spacial score (nSPS) is 16.7. The maximum atomic E-state index is 5.99. The Labute approximate surface area is 182 Å². The predicted molar refractivity (Wildman–Crippen MR) is 127 cm³/mol. The molecule has 29 heavy (non-hydrogen) atoms. The molecule has 0 saturated heterocycles. The monoisotopic (exact) mass is 415 g/mol. The average molecular weight is 416 g/mol. The molecule has 160 valence electrons. The van der Waals surface area contributed by atoms with E-state index in [0.717, 1.165) is 68.8 Å². The van der Waals surface area contributed by atoms with E-state index < -0.39 is 0 Å². The third-order valence-electron chi connectivity index (χ3n) is 6.10. The molecule has 1 fully saturated rings. The van der Waals surface area contributed by atoms with Crippen molar-refractivity contribution in [3.05, 3.63) is 36.4 Å². The summed E-state index contributed by atoms with van der Waals surface area (Å²) in [5, 5.41) is 4.41. The number of likely N-dealkylation sites (N-methyl/N-ethyl adjacent to an activating group) is 1. The summed E-state index contributed by atoms with van der Waals surface area (Å²) in [5.41, 5.74) is 2.58. The highest BCUT2D eigenvalue weighted by molar-refractivity contribution is 7.80. The standard InChI is InChI=1S/C24H37N3OS/c1-3-14-26(2)15-7-8-17-28-22-11-12-23-21(18-22)13-16-27(23)24(29)25-19-20-9-5-4-6-10-20/h3,11-12,18,20H,1,4-10,13-17,19H2,2H3,(H,25,29). The summed E-state index contributed by atoms with van der Waals surface area (Å²) < 4.78 is 5.99. The van der Waals surface area contributed by atoms with Crippen molar-refractivity contribution in [2.75, 3.05) is 44.7 Å².